The number of rotatable bonds is 1. The Morgan fingerprint density at radius 2 is 2.06 bits per heavy atom. The fourth-order valence-electron chi connectivity index (χ4n) is 1.42. The molecule has 1 N–H and O–H groups in total. The van der Waals surface area contributed by atoms with Crippen LogP contribution in [-0.4, -0.2) is 17.9 Å². The van der Waals surface area contributed by atoms with Crippen molar-refractivity contribution in [2.45, 2.75) is 32.9 Å². The Bertz CT molecular complexity index is 334. The van der Waals surface area contributed by atoms with Crippen LogP contribution in [0, 0.1) is 0 Å². The van der Waals surface area contributed by atoms with Crippen LogP contribution in [0.5, 0.6) is 0 Å². The van der Waals surface area contributed by atoms with Crippen LogP contribution in [0.15, 0.2) is 22.7 Å². The molecule has 2 rings (SSSR count). The van der Waals surface area contributed by atoms with Crippen LogP contribution in [0.3, 0.4) is 0 Å². The van der Waals surface area contributed by atoms with Crippen molar-refractivity contribution in [1.82, 2.24) is 0 Å². The van der Waals surface area contributed by atoms with Gasteiger partial charge in [-0.1, -0.05) is 33.6 Å². The van der Waals surface area contributed by atoms with Crippen molar-refractivity contribution >= 4 is 15.9 Å². The molecule has 0 saturated heterocycles. The zero-order valence-electron chi connectivity index (χ0n) is 10.2. The SMILES string of the molecule is Brc1cccc2c1CC[N-]C2.CC(C)OO.[Y]. The van der Waals surface area contributed by atoms with Crippen molar-refractivity contribution in [3.8, 4) is 0 Å². The summed E-state index contributed by atoms with van der Waals surface area (Å²) >= 11 is 3.54. The minimum Gasteiger partial charge on any atom is -0.658 e. The number of hydrogen-bond acceptors (Lipinski definition) is 2. The molecule has 0 fully saturated rings. The van der Waals surface area contributed by atoms with Gasteiger partial charge in [-0.15, -0.1) is 13.1 Å². The van der Waals surface area contributed by atoms with Crippen LogP contribution in [0.25, 0.3) is 5.32 Å². The first kappa shape index (κ1) is 17.7. The quantitative estimate of drug-likeness (QED) is 0.599. The van der Waals surface area contributed by atoms with E-state index in [1.807, 2.05) is 0 Å². The molecular weight excluding hydrogens is 359 g/mol. The van der Waals surface area contributed by atoms with E-state index in [0.29, 0.717) is 0 Å². The molecular formula is C12H17BrNO2Y-. The normalized spacial score (nSPS) is 13.2. The second-order valence-electron chi connectivity index (χ2n) is 3.89. The summed E-state index contributed by atoms with van der Waals surface area (Å²) in [4.78, 5) is 3.75. The first-order valence-electron chi connectivity index (χ1n) is 5.35. The molecule has 0 spiro atoms. The summed E-state index contributed by atoms with van der Waals surface area (Å²) in [7, 11) is 0. The number of nitrogens with zero attached hydrogens (tertiary/aromatic N) is 1. The maximum Gasteiger partial charge on any atom is 0.0871 e. The number of fused-ring (bicyclic) bond motifs is 1. The summed E-state index contributed by atoms with van der Waals surface area (Å²) in [6.45, 7) is 5.38. The third kappa shape index (κ3) is 6.41. The molecule has 17 heavy (non-hydrogen) atoms. The maximum absolute atomic E-state index is 7.64. The minimum atomic E-state index is -0.0602. The van der Waals surface area contributed by atoms with Crippen LogP contribution in [0.2, 0.25) is 0 Å². The topological polar surface area (TPSA) is 43.6 Å². The Morgan fingerprint density at radius 1 is 1.41 bits per heavy atom. The Hall–Kier alpha value is 0.684. The molecule has 0 unspecified atom stereocenters. The van der Waals surface area contributed by atoms with Gasteiger partial charge >= 0.3 is 0 Å². The van der Waals surface area contributed by atoms with Gasteiger partial charge in [-0.3, -0.25) is 5.26 Å². The fraction of sp³-hybridized carbons (Fsp3) is 0.500. The van der Waals surface area contributed by atoms with Gasteiger partial charge in [0.1, 0.15) is 0 Å². The van der Waals surface area contributed by atoms with Crippen LogP contribution < -0.4 is 0 Å². The van der Waals surface area contributed by atoms with Gasteiger partial charge < -0.3 is 5.32 Å². The fourth-order valence-corrected chi connectivity index (χ4v) is 2.03. The zero-order chi connectivity index (χ0) is 12.0. The van der Waals surface area contributed by atoms with Gasteiger partial charge in [0.25, 0.3) is 0 Å². The molecule has 1 heterocycles. The largest absolute Gasteiger partial charge is 0.658 e. The van der Waals surface area contributed by atoms with Crippen LogP contribution >= 0.6 is 15.9 Å². The predicted molar refractivity (Wildman–Crippen MR) is 68.6 cm³/mol. The van der Waals surface area contributed by atoms with Gasteiger partial charge in [-0.2, -0.15) is 0 Å². The second-order valence-corrected chi connectivity index (χ2v) is 4.74. The molecule has 1 radical (unpaired) electrons. The average Bonchev–Trinajstić information content (AvgIpc) is 2.30. The molecule has 5 heteroatoms. The molecule has 0 aliphatic carbocycles. The number of benzene rings is 1. The molecule has 0 saturated carbocycles. The third-order valence-corrected chi connectivity index (χ3v) is 2.97. The van der Waals surface area contributed by atoms with Gasteiger partial charge in [0.05, 0.1) is 6.10 Å². The average molecular weight is 376 g/mol. The molecule has 93 valence electrons. The molecule has 0 bridgehead atoms. The Morgan fingerprint density at radius 3 is 2.59 bits per heavy atom. The standard InChI is InChI=1S/C9H9BrN.C3H8O2.Y/c10-9-3-1-2-7-6-11-5-4-8(7)9;1-3(2)5-4;/h1-3H,4-6H2;3-4H,1-2H3;/q-1;;. The summed E-state index contributed by atoms with van der Waals surface area (Å²) in [6.07, 6.45) is 1.03. The zero-order valence-corrected chi connectivity index (χ0v) is 14.6. The Balaban J connectivity index is 0.000000373. The molecule has 0 amide bonds. The van der Waals surface area contributed by atoms with Crippen LogP contribution in [-0.2, 0) is 50.6 Å². The van der Waals surface area contributed by atoms with Gasteiger partial charge in [0.15, 0.2) is 0 Å². The molecule has 0 aromatic heterocycles. The summed E-state index contributed by atoms with van der Waals surface area (Å²) in [5.41, 5.74) is 2.83. The van der Waals surface area contributed by atoms with E-state index in [-0.39, 0.29) is 38.8 Å². The van der Waals surface area contributed by atoms with Crippen molar-refractivity contribution < 1.29 is 42.9 Å². The van der Waals surface area contributed by atoms with Gasteiger partial charge in [-0.25, -0.2) is 4.89 Å². The number of halogens is 1. The summed E-state index contributed by atoms with van der Waals surface area (Å²) in [5.74, 6) is 0. The van der Waals surface area contributed by atoms with E-state index in [1.165, 1.54) is 15.6 Å². The van der Waals surface area contributed by atoms with E-state index in [4.69, 9.17) is 5.26 Å². The van der Waals surface area contributed by atoms with Crippen molar-refractivity contribution in [3.05, 3.63) is 39.1 Å². The van der Waals surface area contributed by atoms with E-state index in [0.717, 1.165) is 19.5 Å². The Labute approximate surface area is 136 Å². The molecule has 1 aliphatic rings. The van der Waals surface area contributed by atoms with Crippen molar-refractivity contribution in [1.29, 1.82) is 0 Å². The predicted octanol–water partition coefficient (Wildman–Crippen LogP) is 3.76. The monoisotopic (exact) mass is 375 g/mol. The Kier molecular flexibility index (Phi) is 9.98. The van der Waals surface area contributed by atoms with Gasteiger partial charge in [0, 0.05) is 37.2 Å². The third-order valence-electron chi connectivity index (χ3n) is 2.23. The minimum absolute atomic E-state index is 0. The first-order valence-corrected chi connectivity index (χ1v) is 6.14. The van der Waals surface area contributed by atoms with E-state index in [9.17, 15) is 0 Å². The van der Waals surface area contributed by atoms with Crippen molar-refractivity contribution in [3.63, 3.8) is 0 Å². The van der Waals surface area contributed by atoms with Gasteiger partial charge in [0.2, 0.25) is 0 Å². The maximum atomic E-state index is 7.64. The van der Waals surface area contributed by atoms with Crippen LogP contribution in [0.4, 0.5) is 0 Å². The second kappa shape index (κ2) is 9.59. The summed E-state index contributed by atoms with van der Waals surface area (Å²) in [5, 5.41) is 12.0. The smallest absolute Gasteiger partial charge is 0.0871 e. The van der Waals surface area contributed by atoms with E-state index < -0.39 is 0 Å². The molecule has 1 aromatic rings. The number of hydrogen-bond donors (Lipinski definition) is 1. The van der Waals surface area contributed by atoms with E-state index in [1.54, 1.807) is 13.8 Å². The molecule has 1 aromatic carbocycles. The molecule has 0 atom stereocenters. The molecule has 3 nitrogen and oxygen atoms in total. The summed E-state index contributed by atoms with van der Waals surface area (Å²) < 4.78 is 1.24. The van der Waals surface area contributed by atoms with E-state index >= 15 is 0 Å². The van der Waals surface area contributed by atoms with Crippen molar-refractivity contribution in [2.75, 3.05) is 6.54 Å². The van der Waals surface area contributed by atoms with Crippen LogP contribution in [0.1, 0.15) is 25.0 Å². The van der Waals surface area contributed by atoms with Crippen molar-refractivity contribution in [2.24, 2.45) is 0 Å². The van der Waals surface area contributed by atoms with E-state index in [2.05, 4.69) is 44.3 Å². The molecule has 1 aliphatic heterocycles. The first-order chi connectivity index (χ1) is 7.65. The summed E-state index contributed by atoms with van der Waals surface area (Å²) in [6, 6.07) is 6.33. The van der Waals surface area contributed by atoms with Gasteiger partial charge in [-0.05, 0) is 31.9 Å².